The molecular formula is C18H21ClN2O4. The van der Waals surface area contributed by atoms with Gasteiger partial charge in [0.05, 0.1) is 32.0 Å². The standard InChI is InChI=1S/C18H21ClN2O4/c1-23-13-5-6-15(17(11-13)25-3)20-9-8-18(22)21-12-4-7-16(24-2)14(19)10-12/h4-7,10-11,20H,8-9H2,1-3H3,(H,21,22). The molecule has 2 rings (SSSR count). The predicted molar refractivity (Wildman–Crippen MR) is 99.3 cm³/mol. The minimum Gasteiger partial charge on any atom is -0.497 e. The van der Waals surface area contributed by atoms with E-state index >= 15 is 0 Å². The van der Waals surface area contributed by atoms with Crippen molar-refractivity contribution in [3.8, 4) is 17.2 Å². The molecule has 0 atom stereocenters. The van der Waals surface area contributed by atoms with Crippen molar-refractivity contribution < 1.29 is 19.0 Å². The van der Waals surface area contributed by atoms with Gasteiger partial charge in [-0.15, -0.1) is 0 Å². The van der Waals surface area contributed by atoms with Crippen LogP contribution in [0.3, 0.4) is 0 Å². The molecule has 0 aliphatic heterocycles. The first-order valence-electron chi connectivity index (χ1n) is 7.66. The summed E-state index contributed by atoms with van der Waals surface area (Å²) < 4.78 is 15.5. The molecular weight excluding hydrogens is 344 g/mol. The third-order valence-electron chi connectivity index (χ3n) is 3.51. The average Bonchev–Trinajstić information content (AvgIpc) is 2.62. The van der Waals surface area contributed by atoms with Crippen molar-refractivity contribution in [2.75, 3.05) is 38.5 Å². The van der Waals surface area contributed by atoms with Gasteiger partial charge in [-0.2, -0.15) is 0 Å². The van der Waals surface area contributed by atoms with Gasteiger partial charge in [0.1, 0.15) is 17.2 Å². The third-order valence-corrected chi connectivity index (χ3v) is 3.81. The summed E-state index contributed by atoms with van der Waals surface area (Å²) in [5.41, 5.74) is 1.42. The zero-order valence-electron chi connectivity index (χ0n) is 14.4. The molecule has 2 aromatic carbocycles. The van der Waals surface area contributed by atoms with Crippen LogP contribution in [-0.4, -0.2) is 33.8 Å². The van der Waals surface area contributed by atoms with Crippen molar-refractivity contribution >= 4 is 28.9 Å². The molecule has 0 aliphatic carbocycles. The highest BCUT2D eigenvalue weighted by Crippen LogP contribution is 2.29. The molecule has 2 aromatic rings. The van der Waals surface area contributed by atoms with Crippen LogP contribution in [-0.2, 0) is 4.79 Å². The molecule has 6 nitrogen and oxygen atoms in total. The number of hydrogen-bond donors (Lipinski definition) is 2. The summed E-state index contributed by atoms with van der Waals surface area (Å²) in [6.45, 7) is 0.457. The first-order valence-corrected chi connectivity index (χ1v) is 8.04. The quantitative estimate of drug-likeness (QED) is 0.745. The van der Waals surface area contributed by atoms with Crippen LogP contribution in [0.2, 0.25) is 5.02 Å². The van der Waals surface area contributed by atoms with Crippen LogP contribution in [0.15, 0.2) is 36.4 Å². The van der Waals surface area contributed by atoms with Crippen LogP contribution in [0, 0.1) is 0 Å². The third kappa shape index (κ3) is 5.19. The van der Waals surface area contributed by atoms with Crippen LogP contribution < -0.4 is 24.8 Å². The number of hydrogen-bond acceptors (Lipinski definition) is 5. The summed E-state index contributed by atoms with van der Waals surface area (Å²) >= 11 is 6.04. The lowest BCUT2D eigenvalue weighted by Gasteiger charge is -2.12. The van der Waals surface area contributed by atoms with E-state index in [1.807, 2.05) is 12.1 Å². The highest BCUT2D eigenvalue weighted by molar-refractivity contribution is 6.32. The Morgan fingerprint density at radius 1 is 1.00 bits per heavy atom. The minimum atomic E-state index is -0.124. The Labute approximate surface area is 152 Å². The maximum absolute atomic E-state index is 12.0. The maximum Gasteiger partial charge on any atom is 0.226 e. The van der Waals surface area contributed by atoms with Crippen LogP contribution >= 0.6 is 11.6 Å². The molecule has 0 aromatic heterocycles. The molecule has 134 valence electrons. The Bertz CT molecular complexity index is 737. The van der Waals surface area contributed by atoms with E-state index in [1.165, 1.54) is 0 Å². The predicted octanol–water partition coefficient (Wildman–Crippen LogP) is 3.81. The van der Waals surface area contributed by atoms with E-state index in [2.05, 4.69) is 10.6 Å². The Kier molecular flexibility index (Phi) is 6.77. The van der Waals surface area contributed by atoms with Crippen LogP contribution in [0.1, 0.15) is 6.42 Å². The van der Waals surface area contributed by atoms with E-state index in [1.54, 1.807) is 45.6 Å². The van der Waals surface area contributed by atoms with Crippen molar-refractivity contribution in [1.82, 2.24) is 0 Å². The zero-order valence-corrected chi connectivity index (χ0v) is 15.1. The second-order valence-electron chi connectivity index (χ2n) is 5.14. The number of methoxy groups -OCH3 is 3. The van der Waals surface area contributed by atoms with Crippen LogP contribution in [0.4, 0.5) is 11.4 Å². The molecule has 0 bridgehead atoms. The lowest BCUT2D eigenvalue weighted by Crippen LogP contribution is -2.16. The molecule has 0 spiro atoms. The number of amides is 1. The second-order valence-corrected chi connectivity index (χ2v) is 5.55. The van der Waals surface area contributed by atoms with Gasteiger partial charge in [-0.3, -0.25) is 4.79 Å². The molecule has 2 N–H and O–H groups in total. The fraction of sp³-hybridized carbons (Fsp3) is 0.278. The SMILES string of the molecule is COc1ccc(NCCC(=O)Nc2ccc(OC)c(Cl)c2)c(OC)c1. The monoisotopic (exact) mass is 364 g/mol. The van der Waals surface area contributed by atoms with Crippen molar-refractivity contribution in [2.24, 2.45) is 0 Å². The van der Waals surface area contributed by atoms with Crippen molar-refractivity contribution in [3.05, 3.63) is 41.4 Å². The van der Waals surface area contributed by atoms with Gasteiger partial charge in [0.2, 0.25) is 5.91 Å². The fourth-order valence-electron chi connectivity index (χ4n) is 2.22. The lowest BCUT2D eigenvalue weighted by atomic mass is 10.2. The average molecular weight is 365 g/mol. The highest BCUT2D eigenvalue weighted by Gasteiger charge is 2.08. The molecule has 0 saturated heterocycles. The normalized spacial score (nSPS) is 10.1. The highest BCUT2D eigenvalue weighted by atomic mass is 35.5. The van der Waals surface area contributed by atoms with Gasteiger partial charge in [0, 0.05) is 24.7 Å². The van der Waals surface area contributed by atoms with Crippen LogP contribution in [0.25, 0.3) is 0 Å². The molecule has 25 heavy (non-hydrogen) atoms. The van der Waals surface area contributed by atoms with Crippen molar-refractivity contribution in [2.45, 2.75) is 6.42 Å². The van der Waals surface area contributed by atoms with Crippen LogP contribution in [0.5, 0.6) is 17.2 Å². The van der Waals surface area contributed by atoms with Gasteiger partial charge in [-0.25, -0.2) is 0 Å². The van der Waals surface area contributed by atoms with Gasteiger partial charge in [0.25, 0.3) is 0 Å². The molecule has 1 amide bonds. The first-order chi connectivity index (χ1) is 12.1. The number of rotatable bonds is 8. The summed E-state index contributed by atoms with van der Waals surface area (Å²) in [6, 6.07) is 10.5. The molecule has 0 heterocycles. The van der Waals surface area contributed by atoms with E-state index in [-0.39, 0.29) is 5.91 Å². The Hall–Kier alpha value is -2.60. The number of carbonyl (C=O) groups is 1. The lowest BCUT2D eigenvalue weighted by molar-refractivity contribution is -0.115. The Balaban J connectivity index is 1.87. The number of benzene rings is 2. The second kappa shape index (κ2) is 9.03. The number of ether oxygens (including phenoxy) is 3. The van der Waals surface area contributed by atoms with E-state index in [0.29, 0.717) is 40.9 Å². The van der Waals surface area contributed by atoms with E-state index in [0.717, 1.165) is 5.69 Å². The summed E-state index contributed by atoms with van der Waals surface area (Å²) in [4.78, 5) is 12.0. The molecule has 0 unspecified atom stereocenters. The van der Waals surface area contributed by atoms with E-state index in [4.69, 9.17) is 25.8 Å². The topological polar surface area (TPSA) is 68.8 Å². The number of halogens is 1. The van der Waals surface area contributed by atoms with Gasteiger partial charge < -0.3 is 24.8 Å². The van der Waals surface area contributed by atoms with Crippen molar-refractivity contribution in [3.63, 3.8) is 0 Å². The summed E-state index contributed by atoms with van der Waals surface area (Å²) in [5, 5.41) is 6.42. The smallest absolute Gasteiger partial charge is 0.226 e. The zero-order chi connectivity index (χ0) is 18.2. The molecule has 0 saturated carbocycles. The Morgan fingerprint density at radius 3 is 2.40 bits per heavy atom. The number of anilines is 2. The summed E-state index contributed by atoms with van der Waals surface area (Å²) in [6.07, 6.45) is 0.291. The van der Waals surface area contributed by atoms with E-state index < -0.39 is 0 Å². The van der Waals surface area contributed by atoms with E-state index in [9.17, 15) is 4.79 Å². The molecule has 7 heteroatoms. The first kappa shape index (κ1) is 18.7. The Morgan fingerprint density at radius 2 is 1.76 bits per heavy atom. The molecule has 0 radical (unpaired) electrons. The largest absolute Gasteiger partial charge is 0.497 e. The van der Waals surface area contributed by atoms with Gasteiger partial charge in [-0.05, 0) is 30.3 Å². The summed E-state index contributed by atoms with van der Waals surface area (Å²) in [5.74, 6) is 1.80. The molecule has 0 fully saturated rings. The maximum atomic E-state index is 12.0. The molecule has 0 aliphatic rings. The van der Waals surface area contributed by atoms with Gasteiger partial charge in [-0.1, -0.05) is 11.6 Å². The number of carbonyl (C=O) groups excluding carboxylic acids is 1. The fourth-order valence-corrected chi connectivity index (χ4v) is 2.48. The minimum absolute atomic E-state index is 0.124. The summed E-state index contributed by atoms with van der Waals surface area (Å²) in [7, 11) is 4.72. The number of nitrogens with one attached hydrogen (secondary N) is 2. The van der Waals surface area contributed by atoms with Gasteiger partial charge >= 0.3 is 0 Å². The van der Waals surface area contributed by atoms with Gasteiger partial charge in [0.15, 0.2) is 0 Å². The van der Waals surface area contributed by atoms with Crippen molar-refractivity contribution in [1.29, 1.82) is 0 Å².